The second-order valence-corrected chi connectivity index (χ2v) is 6.06. The molecule has 1 aliphatic rings. The highest BCUT2D eigenvalue weighted by Crippen LogP contribution is 2.10. The minimum atomic E-state index is 0.650. The van der Waals surface area contributed by atoms with E-state index in [2.05, 4.69) is 37.9 Å². The van der Waals surface area contributed by atoms with Gasteiger partial charge in [0.1, 0.15) is 0 Å². The summed E-state index contributed by atoms with van der Waals surface area (Å²) < 4.78 is 5.65. The van der Waals surface area contributed by atoms with Gasteiger partial charge in [-0.1, -0.05) is 27.2 Å². The lowest BCUT2D eigenvalue weighted by Gasteiger charge is -2.38. The fraction of sp³-hybridized carbons (Fsp3) is 1.00. The molecule has 0 aromatic carbocycles. The fourth-order valence-electron chi connectivity index (χ4n) is 2.54. The predicted octanol–water partition coefficient (Wildman–Crippen LogP) is 2.51. The molecule has 0 spiro atoms. The molecule has 0 aromatic heterocycles. The maximum atomic E-state index is 5.65. The summed E-state index contributed by atoms with van der Waals surface area (Å²) >= 11 is 0. The first kappa shape index (κ1) is 15.9. The van der Waals surface area contributed by atoms with Gasteiger partial charge >= 0.3 is 0 Å². The van der Waals surface area contributed by atoms with Gasteiger partial charge < -0.3 is 10.1 Å². The second kappa shape index (κ2) is 8.89. The van der Waals surface area contributed by atoms with Crippen LogP contribution in [0.1, 0.15) is 47.0 Å². The fourth-order valence-corrected chi connectivity index (χ4v) is 2.54. The summed E-state index contributed by atoms with van der Waals surface area (Å²) in [4.78, 5) is 2.62. The molecule has 0 bridgehead atoms. The van der Waals surface area contributed by atoms with Gasteiger partial charge in [-0.15, -0.1) is 0 Å². The van der Waals surface area contributed by atoms with E-state index < -0.39 is 0 Å². The van der Waals surface area contributed by atoms with Crippen molar-refractivity contribution in [1.82, 2.24) is 10.2 Å². The van der Waals surface area contributed by atoms with Crippen molar-refractivity contribution in [1.29, 1.82) is 0 Å². The van der Waals surface area contributed by atoms with Gasteiger partial charge in [0.05, 0.1) is 0 Å². The topological polar surface area (TPSA) is 24.5 Å². The van der Waals surface area contributed by atoms with E-state index in [4.69, 9.17) is 4.74 Å². The molecule has 0 aliphatic carbocycles. The minimum Gasteiger partial charge on any atom is -0.381 e. The van der Waals surface area contributed by atoms with Crippen LogP contribution in [0.4, 0.5) is 0 Å². The van der Waals surface area contributed by atoms with Gasteiger partial charge in [-0.25, -0.2) is 0 Å². The summed E-state index contributed by atoms with van der Waals surface area (Å²) in [7, 11) is 0. The van der Waals surface area contributed by atoms with Gasteiger partial charge in [-0.2, -0.15) is 0 Å². The molecular formula is C15H32N2O. The third-order valence-electron chi connectivity index (χ3n) is 3.60. The molecular weight excluding hydrogens is 224 g/mol. The van der Waals surface area contributed by atoms with Crippen LogP contribution in [-0.4, -0.2) is 49.8 Å². The molecule has 1 saturated heterocycles. The normalized spacial score (nSPS) is 25.8. The number of ether oxygens (including phenoxy) is 1. The van der Waals surface area contributed by atoms with Gasteiger partial charge in [0, 0.05) is 44.9 Å². The molecule has 2 unspecified atom stereocenters. The lowest BCUT2D eigenvalue weighted by molar-refractivity contribution is 0.0832. The van der Waals surface area contributed by atoms with E-state index in [0.717, 1.165) is 26.2 Å². The van der Waals surface area contributed by atoms with Gasteiger partial charge in [0.25, 0.3) is 0 Å². The lowest BCUT2D eigenvalue weighted by Crippen LogP contribution is -2.55. The summed E-state index contributed by atoms with van der Waals surface area (Å²) in [6.45, 7) is 14.3. The van der Waals surface area contributed by atoms with Crippen molar-refractivity contribution >= 4 is 0 Å². The Hall–Kier alpha value is -0.120. The first-order chi connectivity index (χ1) is 8.63. The molecule has 1 aliphatic heterocycles. The van der Waals surface area contributed by atoms with Crippen molar-refractivity contribution in [3.8, 4) is 0 Å². The highest BCUT2D eigenvalue weighted by molar-refractivity contribution is 4.83. The van der Waals surface area contributed by atoms with Crippen molar-refractivity contribution in [2.75, 3.05) is 32.8 Å². The molecule has 1 heterocycles. The third-order valence-corrected chi connectivity index (χ3v) is 3.60. The molecule has 18 heavy (non-hydrogen) atoms. The summed E-state index contributed by atoms with van der Waals surface area (Å²) in [5, 5.41) is 3.64. The van der Waals surface area contributed by atoms with Crippen LogP contribution < -0.4 is 5.32 Å². The van der Waals surface area contributed by atoms with E-state index in [0.29, 0.717) is 18.0 Å². The summed E-state index contributed by atoms with van der Waals surface area (Å²) in [6, 6.07) is 1.37. The van der Waals surface area contributed by atoms with Gasteiger partial charge in [0.15, 0.2) is 0 Å². The molecule has 108 valence electrons. The van der Waals surface area contributed by atoms with E-state index in [1.807, 2.05) is 0 Å². The zero-order chi connectivity index (χ0) is 13.4. The SMILES string of the molecule is CCCC1CN(CCCOCC(C)C)C(C)CN1. The van der Waals surface area contributed by atoms with Gasteiger partial charge in [-0.3, -0.25) is 4.90 Å². The summed E-state index contributed by atoms with van der Waals surface area (Å²) in [6.07, 6.45) is 3.74. The first-order valence-corrected chi connectivity index (χ1v) is 7.68. The number of rotatable bonds is 8. The largest absolute Gasteiger partial charge is 0.381 e. The van der Waals surface area contributed by atoms with E-state index in [9.17, 15) is 0 Å². The molecule has 0 aromatic rings. The summed E-state index contributed by atoms with van der Waals surface area (Å²) in [5.74, 6) is 0.650. The molecule has 0 radical (unpaired) electrons. The molecule has 0 saturated carbocycles. The number of hydrogen-bond acceptors (Lipinski definition) is 3. The van der Waals surface area contributed by atoms with Crippen LogP contribution >= 0.6 is 0 Å². The Labute approximate surface area is 113 Å². The third kappa shape index (κ3) is 6.17. The average molecular weight is 256 g/mol. The Bertz CT molecular complexity index is 209. The molecule has 1 N–H and O–H groups in total. The number of piperazine rings is 1. The minimum absolute atomic E-state index is 0.650. The highest BCUT2D eigenvalue weighted by atomic mass is 16.5. The smallest absolute Gasteiger partial charge is 0.0489 e. The maximum absolute atomic E-state index is 5.65. The second-order valence-electron chi connectivity index (χ2n) is 6.06. The summed E-state index contributed by atoms with van der Waals surface area (Å²) in [5.41, 5.74) is 0. The van der Waals surface area contributed by atoms with Gasteiger partial charge in [-0.05, 0) is 25.7 Å². The van der Waals surface area contributed by atoms with Crippen LogP contribution in [0.25, 0.3) is 0 Å². The van der Waals surface area contributed by atoms with Crippen molar-refractivity contribution in [2.24, 2.45) is 5.92 Å². The van der Waals surface area contributed by atoms with Crippen molar-refractivity contribution < 1.29 is 4.74 Å². The standard InChI is InChI=1S/C15H32N2O/c1-5-7-15-11-17(14(4)10-16-15)8-6-9-18-12-13(2)3/h13-16H,5-12H2,1-4H3. The molecule has 2 atom stereocenters. The van der Waals surface area contributed by atoms with Crippen LogP contribution in [0.5, 0.6) is 0 Å². The van der Waals surface area contributed by atoms with Crippen molar-refractivity contribution in [2.45, 2.75) is 59.0 Å². The van der Waals surface area contributed by atoms with E-state index in [-0.39, 0.29) is 0 Å². The Kier molecular flexibility index (Phi) is 7.87. The molecule has 0 amide bonds. The Morgan fingerprint density at radius 1 is 1.39 bits per heavy atom. The van der Waals surface area contributed by atoms with Crippen LogP contribution in [0.3, 0.4) is 0 Å². The number of hydrogen-bond donors (Lipinski definition) is 1. The number of nitrogens with one attached hydrogen (secondary N) is 1. The Morgan fingerprint density at radius 2 is 2.17 bits per heavy atom. The zero-order valence-corrected chi connectivity index (χ0v) is 12.7. The maximum Gasteiger partial charge on any atom is 0.0489 e. The first-order valence-electron chi connectivity index (χ1n) is 7.68. The monoisotopic (exact) mass is 256 g/mol. The van der Waals surface area contributed by atoms with Crippen LogP contribution in [-0.2, 0) is 4.74 Å². The van der Waals surface area contributed by atoms with Crippen LogP contribution in [0.15, 0.2) is 0 Å². The quantitative estimate of drug-likeness (QED) is 0.675. The van der Waals surface area contributed by atoms with Crippen LogP contribution in [0.2, 0.25) is 0 Å². The molecule has 1 rings (SSSR count). The molecule has 1 fully saturated rings. The highest BCUT2D eigenvalue weighted by Gasteiger charge is 2.23. The van der Waals surface area contributed by atoms with Crippen molar-refractivity contribution in [3.05, 3.63) is 0 Å². The lowest BCUT2D eigenvalue weighted by atomic mass is 10.1. The van der Waals surface area contributed by atoms with Crippen molar-refractivity contribution in [3.63, 3.8) is 0 Å². The van der Waals surface area contributed by atoms with E-state index >= 15 is 0 Å². The zero-order valence-electron chi connectivity index (χ0n) is 12.7. The van der Waals surface area contributed by atoms with E-state index in [1.54, 1.807) is 0 Å². The Balaban J connectivity index is 2.14. The number of nitrogens with zero attached hydrogens (tertiary/aromatic N) is 1. The average Bonchev–Trinajstić information content (AvgIpc) is 2.32. The van der Waals surface area contributed by atoms with E-state index in [1.165, 1.54) is 25.9 Å². The van der Waals surface area contributed by atoms with Crippen LogP contribution in [0, 0.1) is 5.92 Å². The molecule has 3 heteroatoms. The molecule has 3 nitrogen and oxygen atoms in total. The Morgan fingerprint density at radius 3 is 2.83 bits per heavy atom. The predicted molar refractivity (Wildman–Crippen MR) is 78.0 cm³/mol. The van der Waals surface area contributed by atoms with Gasteiger partial charge in [0.2, 0.25) is 0 Å².